The maximum absolute atomic E-state index is 14.4. The van der Waals surface area contributed by atoms with Gasteiger partial charge in [0.2, 0.25) is 5.91 Å². The van der Waals surface area contributed by atoms with Crippen LogP contribution in [0, 0.1) is 136 Å². The maximum atomic E-state index is 14.4. The van der Waals surface area contributed by atoms with Crippen LogP contribution in [0.1, 0.15) is 47.9 Å². The number of fused-ring (bicyclic) bond motifs is 8. The number of carbonyl (C=O) groups is 2. The molecule has 9 N–H and O–H groups in total. The van der Waals surface area contributed by atoms with Crippen molar-refractivity contribution in [1.82, 2.24) is 59.9 Å². The number of nitrogens with zero attached hydrogens (tertiary/aromatic N) is 13. The molecule has 4 aliphatic heterocycles. The van der Waals surface area contributed by atoms with E-state index < -0.39 is 39.1 Å². The molecule has 4 aromatic heterocycles. The molecule has 8 heterocycles. The van der Waals surface area contributed by atoms with Crippen molar-refractivity contribution in [2.24, 2.45) is 45.3 Å². The zero-order valence-corrected chi connectivity index (χ0v) is 71.6. The molecular weight excluding hydrogens is 1730 g/mol. The minimum absolute atomic E-state index is 0.00479. The fraction of sp³-hybridized carbons (Fsp3) is 0.247. The summed E-state index contributed by atoms with van der Waals surface area (Å²) in [5, 5.41) is 50.9. The zero-order chi connectivity index (χ0) is 90.3. The van der Waals surface area contributed by atoms with Crippen LogP contribution in [0.5, 0.6) is 0 Å². The Morgan fingerprint density at radius 2 is 0.797 bits per heavy atom. The topological polar surface area (TPSA) is 352 Å². The summed E-state index contributed by atoms with van der Waals surface area (Å²) < 4.78 is 57.3. The molecule has 35 heteroatoms. The lowest BCUT2D eigenvalue weighted by Crippen LogP contribution is -2.19. The van der Waals surface area contributed by atoms with Gasteiger partial charge in [-0.3, -0.25) is 25.0 Å². The van der Waals surface area contributed by atoms with Crippen molar-refractivity contribution in [3.8, 4) is 47.4 Å². The summed E-state index contributed by atoms with van der Waals surface area (Å²) >= 11 is 23.5. The molecule has 128 heavy (non-hydrogen) atoms. The van der Waals surface area contributed by atoms with E-state index in [-0.39, 0.29) is 93.4 Å². The smallest absolute Gasteiger partial charge is 0.327 e. The molecule has 8 atom stereocenters. The summed E-state index contributed by atoms with van der Waals surface area (Å²) in [5.41, 5.74) is 12.0. The van der Waals surface area contributed by atoms with Crippen LogP contribution < -0.4 is 37.6 Å². The summed E-state index contributed by atoms with van der Waals surface area (Å²) in [6, 6.07) is 31.7. The first-order valence-corrected chi connectivity index (χ1v) is 41.7. The summed E-state index contributed by atoms with van der Waals surface area (Å²) in [7, 11) is 6.30. The van der Waals surface area contributed by atoms with E-state index in [1.165, 1.54) is 86.3 Å². The SMILES string of the molecule is C=CC(=O)Nc1cc2c(Nc3cccc(Cl)c3F)ncnc2cc1C#C[C@@]12C[C@@H]1CN(C)C2.C=CC(=O)O.CN1C[C@H]2C[C@@]2(C#Cc2cc3ncnc(Nc4cccc(Cl)c4F)c3cc2N)C1.CN1C[C@H]2C[C@@]2(C#Cc2cc3ncnc(Nc4cccc(Cl)c4F)c3cc2[N+](=O)[O-])C1.O=[N+]([O-])c1cc2c(Nc3cccc(Cl)c3F)ncnc2cc1C#C[C@]12CNC[C@H]1C2. The highest BCUT2D eigenvalue weighted by atomic mass is 35.5. The Balaban J connectivity index is 0.000000123. The fourth-order valence-corrected chi connectivity index (χ4v) is 17.5. The van der Waals surface area contributed by atoms with Gasteiger partial charge in [-0.25, -0.2) is 62.2 Å². The van der Waals surface area contributed by atoms with E-state index in [1.807, 2.05) is 12.1 Å². The molecule has 8 fully saturated rings. The molecule has 20 rings (SSSR count). The normalized spacial score (nSPS) is 21.2. The van der Waals surface area contributed by atoms with Crippen molar-refractivity contribution in [2.45, 2.75) is 25.7 Å². The number of nitro groups is 2. The molecule has 1 amide bonds. The predicted octanol–water partition coefficient (Wildman–Crippen LogP) is 17.3. The van der Waals surface area contributed by atoms with Crippen molar-refractivity contribution in [1.29, 1.82) is 0 Å². The average molecular weight is 1800 g/mol. The summed E-state index contributed by atoms with van der Waals surface area (Å²) in [6.07, 6.45) is 11.8. The van der Waals surface area contributed by atoms with E-state index >= 15 is 0 Å². The number of amides is 1. The number of hydrogen-bond donors (Lipinski definition) is 8. The van der Waals surface area contributed by atoms with Crippen molar-refractivity contribution in [2.75, 3.05) is 106 Å². The highest BCUT2D eigenvalue weighted by Crippen LogP contribution is 2.59. The Bertz CT molecular complexity index is 6920. The van der Waals surface area contributed by atoms with E-state index in [0.717, 1.165) is 83.3 Å². The largest absolute Gasteiger partial charge is 0.478 e. The van der Waals surface area contributed by atoms with E-state index in [4.69, 9.17) is 57.2 Å². The van der Waals surface area contributed by atoms with Gasteiger partial charge in [-0.1, -0.05) is 131 Å². The number of halogens is 8. The lowest BCUT2D eigenvalue weighted by atomic mass is 10.0. The van der Waals surface area contributed by atoms with Crippen molar-refractivity contribution >= 4 is 171 Å². The molecule has 12 aromatic rings. The number of benzene rings is 8. The Morgan fingerprint density at radius 1 is 0.477 bits per heavy atom. The van der Waals surface area contributed by atoms with Gasteiger partial charge in [-0.2, -0.15) is 0 Å². The zero-order valence-electron chi connectivity index (χ0n) is 68.5. The summed E-state index contributed by atoms with van der Waals surface area (Å²) in [5.74, 6) is 26.0. The number of carboxylic acids is 1. The average Bonchev–Trinajstić information content (AvgIpc) is 1.58. The van der Waals surface area contributed by atoms with Crippen molar-refractivity contribution in [3.05, 3.63) is 258 Å². The number of likely N-dealkylation sites (tertiary alicyclic amines) is 3. The third kappa shape index (κ3) is 18.8. The third-order valence-electron chi connectivity index (χ3n) is 23.7. The number of aromatic nitrogens is 8. The number of nitrogen functional groups attached to an aromatic ring is 1. The van der Waals surface area contributed by atoms with Gasteiger partial charge in [0.15, 0.2) is 23.3 Å². The number of piperidine rings is 4. The standard InChI is InChI=1S/C25H21ClFN5O.C22H17ClFN5O2.C22H19ClFN5.C21H15ClFN5O2.C3H4O2/c1-3-22(33)30-20-10-17-21(9-15(20)7-8-25-11-16(25)12-32(2)13-25)28-14-29-24(17)31-19-6-4-5-18(26)23(19)27;1-28-10-14-9-22(14,11-28)6-5-13-7-18-15(8-19(13)29(30)31)21(26-12-25-18)27-17-4-2-3-16(23)20(17)24;1-29-10-14-9-22(14,11-29)6-5-13-7-19-15(8-17(13)25)21(27-12-26-19)28-18-4-2-3-16(23)20(18)24;22-15-2-1-3-16(19(15)23)27-20-14-7-18(28(29)30)12(6-17(14)25-11-26-20)4-5-21-8-13(21)9-24-10-21;1-2-3(4)5/h3-6,9-10,14,16H,1,11-13H2,2H3,(H,30,33)(H,28,29,31);2-4,7-8,12,14H,9-11H2,1H3,(H,25,26,27);2-4,7-8,12,14H,9-11,25H2,1H3,(H,26,27,28);1-3,6-7,11,13,24H,8-10H2,(H,25,26,27);2H,1H2,(H,4,5)/t16-,25+;2*14-,22+;13-,21+;/m1111./s1. The van der Waals surface area contributed by atoms with Crippen LogP contribution in [0.25, 0.3) is 43.6 Å². The number of nitrogens with one attached hydrogen (secondary N) is 6. The number of nitrogens with two attached hydrogens (primary N) is 1. The van der Waals surface area contributed by atoms with Gasteiger partial charge in [-0.15, -0.1) is 0 Å². The second kappa shape index (κ2) is 36.0. The van der Waals surface area contributed by atoms with Crippen LogP contribution >= 0.6 is 46.4 Å². The van der Waals surface area contributed by atoms with Crippen LogP contribution in [0.2, 0.25) is 20.1 Å². The van der Waals surface area contributed by atoms with Gasteiger partial charge in [0.05, 0.1) is 86.0 Å². The third-order valence-corrected chi connectivity index (χ3v) is 24.9. The Labute approximate surface area is 750 Å². The first kappa shape index (κ1) is 87.8. The maximum Gasteiger partial charge on any atom is 0.327 e. The number of anilines is 10. The molecule has 8 aliphatic rings. The van der Waals surface area contributed by atoms with Crippen LogP contribution in [0.4, 0.5) is 86.3 Å². The minimum atomic E-state index is -0.981. The molecule has 646 valence electrons. The summed E-state index contributed by atoms with van der Waals surface area (Å²) in [6.45, 7) is 14.3. The van der Waals surface area contributed by atoms with Gasteiger partial charge < -0.3 is 57.4 Å². The quantitative estimate of drug-likeness (QED) is 0.0133. The highest BCUT2D eigenvalue weighted by molar-refractivity contribution is 6.32. The van der Waals surface area contributed by atoms with Gasteiger partial charge in [0.25, 0.3) is 11.4 Å². The van der Waals surface area contributed by atoms with Crippen LogP contribution in [-0.4, -0.2) is 155 Å². The monoisotopic (exact) mass is 1800 g/mol. The van der Waals surface area contributed by atoms with Gasteiger partial charge in [0, 0.05) is 118 Å². The Kier molecular flexibility index (Phi) is 24.7. The van der Waals surface area contributed by atoms with E-state index in [0.29, 0.717) is 107 Å². The number of hydrogen-bond acceptors (Lipinski definition) is 23. The van der Waals surface area contributed by atoms with Crippen LogP contribution in [-0.2, 0) is 9.59 Å². The fourth-order valence-electron chi connectivity index (χ4n) is 16.8. The molecule has 0 spiro atoms. The van der Waals surface area contributed by atoms with E-state index in [2.05, 4.69) is 168 Å². The summed E-state index contributed by atoms with van der Waals surface area (Å²) in [4.78, 5) is 84.7. The molecule has 4 saturated heterocycles. The predicted molar refractivity (Wildman–Crippen MR) is 486 cm³/mol. The van der Waals surface area contributed by atoms with Crippen molar-refractivity contribution < 1.29 is 42.1 Å². The molecule has 27 nitrogen and oxygen atoms in total. The van der Waals surface area contributed by atoms with Gasteiger partial charge in [0.1, 0.15) is 59.7 Å². The van der Waals surface area contributed by atoms with Crippen molar-refractivity contribution in [3.63, 3.8) is 0 Å². The van der Waals surface area contributed by atoms with Gasteiger partial charge in [-0.05, 0) is 168 Å². The molecule has 0 bridgehead atoms. The Hall–Kier alpha value is -13.7. The molecular formula is C93H76Cl4F4N20O7. The minimum Gasteiger partial charge on any atom is -0.478 e. The number of rotatable bonds is 13. The number of aliphatic carboxylic acids is 1. The second-order valence-electron chi connectivity index (χ2n) is 32.6. The lowest BCUT2D eigenvalue weighted by Gasteiger charge is -2.13. The van der Waals surface area contributed by atoms with E-state index in [9.17, 15) is 47.4 Å². The Morgan fingerprint density at radius 3 is 1.12 bits per heavy atom. The van der Waals surface area contributed by atoms with Crippen LogP contribution in [0.3, 0.4) is 0 Å². The number of nitro benzene ring substituents is 2. The molecule has 0 unspecified atom stereocenters. The molecule has 4 aliphatic carbocycles. The van der Waals surface area contributed by atoms with Gasteiger partial charge >= 0.3 is 5.97 Å². The lowest BCUT2D eigenvalue weighted by molar-refractivity contribution is -0.385. The number of carboxylic acid groups (broad SMARTS) is 1. The number of carbonyl (C=O) groups excluding carboxylic acids is 1. The van der Waals surface area contributed by atoms with E-state index in [1.54, 1.807) is 60.7 Å². The molecule has 4 saturated carbocycles. The molecule has 0 radical (unpaired) electrons. The second-order valence-corrected chi connectivity index (χ2v) is 34.3. The molecule has 8 aromatic carbocycles. The highest BCUT2D eigenvalue weighted by Gasteiger charge is 2.60. The first-order valence-electron chi connectivity index (χ1n) is 40.1. The first-order chi connectivity index (χ1) is 61.4. The van der Waals surface area contributed by atoms with Crippen LogP contribution in [0.15, 0.2) is 172 Å².